The molecule has 9 heteroatoms. The average Bonchev–Trinajstić information content (AvgIpc) is 2.70. The van der Waals surface area contributed by atoms with Crippen LogP contribution in [0.2, 0.25) is 0 Å². The highest BCUT2D eigenvalue weighted by Crippen LogP contribution is 2.21. The molecule has 146 valence electrons. The van der Waals surface area contributed by atoms with Crippen LogP contribution in [0.4, 0.5) is 5.69 Å². The molecular weight excluding hydrogens is 354 g/mol. The average molecular weight is 377 g/mol. The van der Waals surface area contributed by atoms with E-state index >= 15 is 0 Å². The number of likely N-dealkylation sites (N-methyl/N-ethyl adjacent to an activating group) is 1. The van der Waals surface area contributed by atoms with Crippen LogP contribution in [0.5, 0.6) is 0 Å². The Labute approximate surface area is 156 Å². The number of hydrogen-bond acceptors (Lipinski definition) is 6. The van der Waals surface area contributed by atoms with Crippen molar-refractivity contribution >= 4 is 23.5 Å². The predicted molar refractivity (Wildman–Crippen MR) is 96.0 cm³/mol. The number of amides is 2. The summed E-state index contributed by atoms with van der Waals surface area (Å²) < 4.78 is 4.91. The van der Waals surface area contributed by atoms with Crippen LogP contribution in [-0.2, 0) is 14.3 Å². The summed E-state index contributed by atoms with van der Waals surface area (Å²) in [5.74, 6) is -1.67. The Kier molecular flexibility index (Phi) is 7.27. The van der Waals surface area contributed by atoms with Crippen molar-refractivity contribution in [3.63, 3.8) is 0 Å². The third-order valence-electron chi connectivity index (χ3n) is 4.58. The largest absolute Gasteiger partial charge is 0.454 e. The highest BCUT2D eigenvalue weighted by Gasteiger charge is 2.23. The second kappa shape index (κ2) is 9.65. The number of nitro benzene ring substituents is 1. The van der Waals surface area contributed by atoms with Crippen LogP contribution in [-0.4, -0.2) is 53.8 Å². The van der Waals surface area contributed by atoms with Gasteiger partial charge in [-0.25, -0.2) is 0 Å². The topological polar surface area (TPSA) is 119 Å². The number of nitrogens with zero attached hydrogens (tertiary/aromatic N) is 2. The van der Waals surface area contributed by atoms with Gasteiger partial charge in [-0.15, -0.1) is 0 Å². The summed E-state index contributed by atoms with van der Waals surface area (Å²) in [6.07, 6.45) is 5.26. The summed E-state index contributed by atoms with van der Waals surface area (Å²) in [7, 11) is 1.70. The number of carbonyl (C=O) groups is 3. The van der Waals surface area contributed by atoms with Crippen LogP contribution in [0.3, 0.4) is 0 Å². The van der Waals surface area contributed by atoms with E-state index in [1.165, 1.54) is 24.6 Å². The van der Waals surface area contributed by atoms with Gasteiger partial charge in [0.25, 0.3) is 17.5 Å². The normalized spacial score (nSPS) is 14.3. The number of nitrogens with one attached hydrogen (secondary N) is 1. The number of rotatable bonds is 7. The second-order valence-corrected chi connectivity index (χ2v) is 6.45. The molecule has 2 amide bonds. The maximum absolute atomic E-state index is 12.1. The van der Waals surface area contributed by atoms with E-state index in [1.54, 1.807) is 11.9 Å². The van der Waals surface area contributed by atoms with Crippen LogP contribution in [0.15, 0.2) is 24.3 Å². The summed E-state index contributed by atoms with van der Waals surface area (Å²) in [5.41, 5.74) is -0.160. The highest BCUT2D eigenvalue weighted by atomic mass is 16.6. The molecule has 1 aliphatic rings. The summed E-state index contributed by atoms with van der Waals surface area (Å²) >= 11 is 0. The zero-order chi connectivity index (χ0) is 19.8. The SMILES string of the molecule is CN(C(=O)COC(=O)CNC(=O)c1cccc([N+](=O)[O-])c1)C1CCCCC1. The first-order valence-corrected chi connectivity index (χ1v) is 8.82. The maximum atomic E-state index is 12.1. The maximum Gasteiger partial charge on any atom is 0.325 e. The predicted octanol–water partition coefficient (Wildman–Crippen LogP) is 1.66. The Morgan fingerprint density at radius 2 is 1.96 bits per heavy atom. The minimum atomic E-state index is -0.751. The van der Waals surface area contributed by atoms with Gasteiger partial charge in [0.05, 0.1) is 4.92 Å². The van der Waals surface area contributed by atoms with Crippen molar-refractivity contribution in [2.24, 2.45) is 0 Å². The van der Waals surface area contributed by atoms with Crippen LogP contribution in [0.25, 0.3) is 0 Å². The highest BCUT2D eigenvalue weighted by molar-refractivity contribution is 5.96. The third-order valence-corrected chi connectivity index (χ3v) is 4.58. The summed E-state index contributed by atoms with van der Waals surface area (Å²) in [6, 6.07) is 5.34. The molecule has 0 heterocycles. The molecule has 1 aliphatic carbocycles. The Hall–Kier alpha value is -2.97. The number of non-ortho nitro benzene ring substituents is 1. The Bertz CT molecular complexity index is 715. The number of hydrogen-bond donors (Lipinski definition) is 1. The minimum Gasteiger partial charge on any atom is -0.454 e. The molecular formula is C18H23N3O6. The van der Waals surface area contributed by atoms with Gasteiger partial charge < -0.3 is 15.0 Å². The minimum absolute atomic E-state index is 0.0603. The lowest BCUT2D eigenvalue weighted by Crippen LogP contribution is -2.41. The quantitative estimate of drug-likeness (QED) is 0.438. The van der Waals surface area contributed by atoms with Gasteiger partial charge in [0.2, 0.25) is 0 Å². The summed E-state index contributed by atoms with van der Waals surface area (Å²) in [6.45, 7) is -0.805. The molecule has 0 aromatic heterocycles. The van der Waals surface area contributed by atoms with Crippen molar-refractivity contribution in [2.45, 2.75) is 38.1 Å². The van der Waals surface area contributed by atoms with E-state index < -0.39 is 23.3 Å². The molecule has 1 N–H and O–H groups in total. The summed E-state index contributed by atoms with van der Waals surface area (Å²) in [5, 5.41) is 13.0. The molecule has 2 rings (SSSR count). The number of nitro groups is 1. The van der Waals surface area contributed by atoms with Gasteiger partial charge in [-0.3, -0.25) is 24.5 Å². The van der Waals surface area contributed by atoms with E-state index in [2.05, 4.69) is 5.32 Å². The van der Waals surface area contributed by atoms with Crippen molar-refractivity contribution in [2.75, 3.05) is 20.2 Å². The van der Waals surface area contributed by atoms with Gasteiger partial charge >= 0.3 is 5.97 Å². The fraction of sp³-hybridized carbons (Fsp3) is 0.500. The first-order chi connectivity index (χ1) is 12.9. The monoisotopic (exact) mass is 377 g/mol. The fourth-order valence-electron chi connectivity index (χ4n) is 2.98. The van der Waals surface area contributed by atoms with Crippen molar-refractivity contribution in [1.82, 2.24) is 10.2 Å². The van der Waals surface area contributed by atoms with Crippen molar-refractivity contribution in [1.29, 1.82) is 0 Å². The standard InChI is InChI=1S/C18H23N3O6/c1-20(14-7-3-2-4-8-14)16(22)12-27-17(23)11-19-18(24)13-6-5-9-15(10-13)21(25)26/h5-6,9-10,14H,2-4,7-8,11-12H2,1H3,(H,19,24). The molecule has 0 saturated heterocycles. The van der Waals surface area contributed by atoms with E-state index in [0.717, 1.165) is 31.7 Å². The number of benzene rings is 1. The zero-order valence-corrected chi connectivity index (χ0v) is 15.2. The Balaban J connectivity index is 1.75. The zero-order valence-electron chi connectivity index (χ0n) is 15.2. The van der Waals surface area contributed by atoms with Crippen LogP contribution in [0, 0.1) is 10.1 Å². The number of esters is 1. The number of ether oxygens (including phenoxy) is 1. The van der Waals surface area contributed by atoms with E-state index in [1.807, 2.05) is 0 Å². The molecule has 9 nitrogen and oxygen atoms in total. The van der Waals surface area contributed by atoms with E-state index in [-0.39, 0.29) is 29.8 Å². The molecule has 1 saturated carbocycles. The van der Waals surface area contributed by atoms with Gasteiger partial charge in [0.15, 0.2) is 6.61 Å². The lowest BCUT2D eigenvalue weighted by atomic mass is 9.94. The molecule has 1 fully saturated rings. The van der Waals surface area contributed by atoms with E-state index in [9.17, 15) is 24.5 Å². The molecule has 27 heavy (non-hydrogen) atoms. The lowest BCUT2D eigenvalue weighted by molar-refractivity contribution is -0.384. The lowest BCUT2D eigenvalue weighted by Gasteiger charge is -2.31. The summed E-state index contributed by atoms with van der Waals surface area (Å²) in [4.78, 5) is 47.5. The molecule has 1 aromatic rings. The van der Waals surface area contributed by atoms with Crippen molar-refractivity contribution in [3.05, 3.63) is 39.9 Å². The molecule has 0 bridgehead atoms. The Morgan fingerprint density at radius 1 is 1.26 bits per heavy atom. The van der Waals surface area contributed by atoms with Gasteiger partial charge in [-0.05, 0) is 18.9 Å². The van der Waals surface area contributed by atoms with Gasteiger partial charge in [0, 0.05) is 30.8 Å². The molecule has 1 aromatic carbocycles. The van der Waals surface area contributed by atoms with Crippen LogP contribution in [0.1, 0.15) is 42.5 Å². The molecule has 0 spiro atoms. The van der Waals surface area contributed by atoms with Crippen molar-refractivity contribution in [3.8, 4) is 0 Å². The van der Waals surface area contributed by atoms with Gasteiger partial charge in [-0.2, -0.15) is 0 Å². The van der Waals surface area contributed by atoms with Gasteiger partial charge in [-0.1, -0.05) is 25.3 Å². The first-order valence-electron chi connectivity index (χ1n) is 8.82. The third kappa shape index (κ3) is 6.05. The smallest absolute Gasteiger partial charge is 0.325 e. The fourth-order valence-corrected chi connectivity index (χ4v) is 2.98. The van der Waals surface area contributed by atoms with Crippen LogP contribution < -0.4 is 5.32 Å². The number of carbonyl (C=O) groups excluding carboxylic acids is 3. The first kappa shape index (κ1) is 20.3. The van der Waals surface area contributed by atoms with Crippen molar-refractivity contribution < 1.29 is 24.0 Å². The molecule has 0 atom stereocenters. The molecule has 0 radical (unpaired) electrons. The molecule has 0 unspecified atom stereocenters. The van der Waals surface area contributed by atoms with Gasteiger partial charge in [0.1, 0.15) is 6.54 Å². The van der Waals surface area contributed by atoms with E-state index in [4.69, 9.17) is 4.74 Å². The Morgan fingerprint density at radius 3 is 2.63 bits per heavy atom. The van der Waals surface area contributed by atoms with Crippen LogP contribution >= 0.6 is 0 Å². The second-order valence-electron chi connectivity index (χ2n) is 6.45. The molecule has 0 aliphatic heterocycles. The van der Waals surface area contributed by atoms with E-state index in [0.29, 0.717) is 0 Å².